The predicted octanol–water partition coefficient (Wildman–Crippen LogP) is 3.95. The molecule has 4 aromatic rings. The van der Waals surface area contributed by atoms with E-state index in [2.05, 4.69) is 25.6 Å². The van der Waals surface area contributed by atoms with Gasteiger partial charge in [0.15, 0.2) is 9.84 Å². The number of nitrogens with zero attached hydrogens (tertiary/aromatic N) is 3. The van der Waals surface area contributed by atoms with Crippen molar-refractivity contribution in [2.24, 2.45) is 0 Å². The molecule has 0 aliphatic rings. The summed E-state index contributed by atoms with van der Waals surface area (Å²) >= 11 is 0. The molecule has 2 heterocycles. The van der Waals surface area contributed by atoms with E-state index in [1.54, 1.807) is 36.8 Å². The lowest BCUT2D eigenvalue weighted by Crippen LogP contribution is -2.12. The van der Waals surface area contributed by atoms with E-state index >= 15 is 0 Å². The SMILES string of the molecule is Cc1ccc(NC(=O)c2ccc(S(C)(=O)=O)c(O)c2)cc1Nc1nccc(-c2cccnc2)n1. The third-order valence-electron chi connectivity index (χ3n) is 4.98. The number of phenols is 1. The lowest BCUT2D eigenvalue weighted by atomic mass is 10.1. The Bertz CT molecular complexity index is 1470. The Morgan fingerprint density at radius 1 is 1.03 bits per heavy atom. The molecule has 0 radical (unpaired) electrons. The second-order valence-electron chi connectivity index (χ2n) is 7.57. The Hall–Kier alpha value is -4.31. The number of anilines is 3. The van der Waals surface area contributed by atoms with E-state index in [4.69, 9.17) is 0 Å². The highest BCUT2D eigenvalue weighted by molar-refractivity contribution is 7.90. The van der Waals surface area contributed by atoms with E-state index in [-0.39, 0.29) is 10.5 Å². The smallest absolute Gasteiger partial charge is 0.255 e. The summed E-state index contributed by atoms with van der Waals surface area (Å²) < 4.78 is 23.3. The molecule has 2 aromatic carbocycles. The zero-order valence-corrected chi connectivity index (χ0v) is 19.2. The fraction of sp³-hybridized carbons (Fsp3) is 0.0833. The molecule has 0 unspecified atom stereocenters. The Kier molecular flexibility index (Phi) is 6.24. The van der Waals surface area contributed by atoms with Gasteiger partial charge in [-0.3, -0.25) is 9.78 Å². The molecule has 2 aromatic heterocycles. The molecule has 0 saturated heterocycles. The molecule has 1 amide bonds. The van der Waals surface area contributed by atoms with E-state index in [0.29, 0.717) is 23.0 Å². The maximum Gasteiger partial charge on any atom is 0.255 e. The van der Waals surface area contributed by atoms with Crippen LogP contribution in [-0.4, -0.2) is 40.6 Å². The van der Waals surface area contributed by atoms with Gasteiger partial charge in [0, 0.05) is 47.3 Å². The van der Waals surface area contributed by atoms with Crippen LogP contribution in [0.5, 0.6) is 5.75 Å². The summed E-state index contributed by atoms with van der Waals surface area (Å²) in [5.41, 5.74) is 3.78. The van der Waals surface area contributed by atoms with Gasteiger partial charge < -0.3 is 15.7 Å². The molecule has 4 rings (SSSR count). The average molecular weight is 476 g/mol. The molecule has 0 saturated carbocycles. The number of carbonyl (C=O) groups is 1. The Morgan fingerprint density at radius 3 is 2.56 bits per heavy atom. The van der Waals surface area contributed by atoms with Gasteiger partial charge in [-0.15, -0.1) is 0 Å². The first kappa shape index (κ1) is 22.9. The van der Waals surface area contributed by atoms with E-state index in [1.165, 1.54) is 12.1 Å². The lowest BCUT2D eigenvalue weighted by molar-refractivity contribution is 0.102. The molecular formula is C24H21N5O4S. The summed E-state index contributed by atoms with van der Waals surface area (Å²) in [5, 5.41) is 15.9. The van der Waals surface area contributed by atoms with Gasteiger partial charge in [-0.1, -0.05) is 6.07 Å². The zero-order valence-electron chi connectivity index (χ0n) is 18.4. The molecule has 3 N–H and O–H groups in total. The van der Waals surface area contributed by atoms with Crippen LogP contribution >= 0.6 is 0 Å². The van der Waals surface area contributed by atoms with Crippen molar-refractivity contribution in [3.8, 4) is 17.0 Å². The molecule has 0 aliphatic heterocycles. The number of aryl methyl sites for hydroxylation is 1. The van der Waals surface area contributed by atoms with Gasteiger partial charge in [-0.2, -0.15) is 0 Å². The topological polar surface area (TPSA) is 134 Å². The highest BCUT2D eigenvalue weighted by atomic mass is 32.2. The number of sulfone groups is 1. The first-order valence-electron chi connectivity index (χ1n) is 10.2. The molecular weight excluding hydrogens is 454 g/mol. The number of pyridine rings is 1. The molecule has 0 fully saturated rings. The average Bonchev–Trinajstić information content (AvgIpc) is 2.81. The summed E-state index contributed by atoms with van der Waals surface area (Å²) in [4.78, 5) is 25.3. The fourth-order valence-electron chi connectivity index (χ4n) is 3.22. The number of hydrogen-bond acceptors (Lipinski definition) is 8. The van der Waals surface area contributed by atoms with Crippen LogP contribution in [0.15, 0.2) is 78.1 Å². The van der Waals surface area contributed by atoms with Crippen LogP contribution in [0, 0.1) is 6.92 Å². The number of aromatic hydroxyl groups is 1. The Labute approximate surface area is 196 Å². The zero-order chi connectivity index (χ0) is 24.3. The van der Waals surface area contributed by atoms with Crippen molar-refractivity contribution in [1.29, 1.82) is 0 Å². The number of nitrogens with one attached hydrogen (secondary N) is 2. The summed E-state index contributed by atoms with van der Waals surface area (Å²) in [6.45, 7) is 1.90. The minimum Gasteiger partial charge on any atom is -0.507 e. The maximum absolute atomic E-state index is 12.7. The minimum atomic E-state index is -3.60. The van der Waals surface area contributed by atoms with E-state index in [9.17, 15) is 18.3 Å². The number of carbonyl (C=O) groups excluding carboxylic acids is 1. The van der Waals surface area contributed by atoms with Crippen LogP contribution in [0.4, 0.5) is 17.3 Å². The summed E-state index contributed by atoms with van der Waals surface area (Å²) in [7, 11) is -3.60. The highest BCUT2D eigenvalue weighted by Gasteiger charge is 2.16. The van der Waals surface area contributed by atoms with Crippen LogP contribution in [0.25, 0.3) is 11.3 Å². The van der Waals surface area contributed by atoms with Crippen molar-refractivity contribution >= 4 is 33.1 Å². The van der Waals surface area contributed by atoms with Crippen LogP contribution in [-0.2, 0) is 9.84 Å². The molecule has 0 aliphatic carbocycles. The molecule has 172 valence electrons. The largest absolute Gasteiger partial charge is 0.507 e. The lowest BCUT2D eigenvalue weighted by Gasteiger charge is -2.12. The van der Waals surface area contributed by atoms with Gasteiger partial charge in [-0.25, -0.2) is 18.4 Å². The quantitative estimate of drug-likeness (QED) is 0.382. The van der Waals surface area contributed by atoms with Crippen LogP contribution in [0.3, 0.4) is 0 Å². The third kappa shape index (κ3) is 5.18. The summed E-state index contributed by atoms with van der Waals surface area (Å²) in [5.74, 6) is -0.596. The maximum atomic E-state index is 12.7. The van der Waals surface area contributed by atoms with Gasteiger partial charge in [0.25, 0.3) is 5.91 Å². The number of benzene rings is 2. The first-order valence-corrected chi connectivity index (χ1v) is 12.1. The Morgan fingerprint density at radius 2 is 1.85 bits per heavy atom. The van der Waals surface area contributed by atoms with Gasteiger partial charge in [0.1, 0.15) is 10.6 Å². The van der Waals surface area contributed by atoms with Crippen LogP contribution in [0.1, 0.15) is 15.9 Å². The van der Waals surface area contributed by atoms with Gasteiger partial charge in [0.05, 0.1) is 5.69 Å². The number of amides is 1. The summed E-state index contributed by atoms with van der Waals surface area (Å²) in [6.07, 6.45) is 6.03. The first-order chi connectivity index (χ1) is 16.2. The fourth-order valence-corrected chi connectivity index (χ4v) is 3.98. The van der Waals surface area contributed by atoms with Crippen molar-refractivity contribution in [2.75, 3.05) is 16.9 Å². The Balaban J connectivity index is 1.54. The predicted molar refractivity (Wildman–Crippen MR) is 129 cm³/mol. The second kappa shape index (κ2) is 9.28. The van der Waals surface area contributed by atoms with Crippen molar-refractivity contribution in [1.82, 2.24) is 15.0 Å². The van der Waals surface area contributed by atoms with E-state index in [0.717, 1.165) is 23.4 Å². The van der Waals surface area contributed by atoms with E-state index < -0.39 is 21.5 Å². The molecule has 34 heavy (non-hydrogen) atoms. The van der Waals surface area contributed by atoms with Crippen molar-refractivity contribution in [2.45, 2.75) is 11.8 Å². The standard InChI is InChI=1S/C24H21N5O4S/c1-15-5-7-18(27-23(31)16-6-8-22(21(30)12-16)34(2,32)33)13-20(15)29-24-26-11-9-19(28-24)17-4-3-10-25-14-17/h3-14,30H,1-2H3,(H,27,31)(H,26,28,29). The summed E-state index contributed by atoms with van der Waals surface area (Å²) in [6, 6.07) is 14.5. The third-order valence-corrected chi connectivity index (χ3v) is 6.12. The van der Waals surface area contributed by atoms with Gasteiger partial charge in [-0.05, 0) is 61.0 Å². The molecule has 10 heteroatoms. The van der Waals surface area contributed by atoms with Gasteiger partial charge >= 0.3 is 0 Å². The second-order valence-corrected chi connectivity index (χ2v) is 9.55. The number of rotatable bonds is 6. The van der Waals surface area contributed by atoms with E-state index in [1.807, 2.05) is 25.1 Å². The number of phenolic OH excluding ortho intramolecular Hbond substituents is 1. The van der Waals surface area contributed by atoms with Crippen molar-refractivity contribution in [3.63, 3.8) is 0 Å². The molecule has 9 nitrogen and oxygen atoms in total. The number of aromatic nitrogens is 3. The molecule has 0 bridgehead atoms. The molecule has 0 atom stereocenters. The van der Waals surface area contributed by atoms with Crippen molar-refractivity contribution in [3.05, 3.63) is 84.3 Å². The minimum absolute atomic E-state index is 0.118. The van der Waals surface area contributed by atoms with Gasteiger partial charge in [0.2, 0.25) is 5.95 Å². The van der Waals surface area contributed by atoms with Crippen LogP contribution < -0.4 is 10.6 Å². The van der Waals surface area contributed by atoms with Crippen molar-refractivity contribution < 1.29 is 18.3 Å². The molecule has 0 spiro atoms. The highest BCUT2D eigenvalue weighted by Crippen LogP contribution is 2.26. The monoisotopic (exact) mass is 475 g/mol. The number of hydrogen-bond donors (Lipinski definition) is 3. The normalized spacial score (nSPS) is 11.1. The van der Waals surface area contributed by atoms with Crippen LogP contribution in [0.2, 0.25) is 0 Å².